The van der Waals surface area contributed by atoms with Crippen molar-refractivity contribution in [3.8, 4) is 0 Å². The fourth-order valence-corrected chi connectivity index (χ4v) is 2.36. The maximum absolute atomic E-state index is 3.99. The van der Waals surface area contributed by atoms with E-state index in [1.54, 1.807) is 0 Å². The molecule has 0 heterocycles. The van der Waals surface area contributed by atoms with Crippen LogP contribution in [0.5, 0.6) is 0 Å². The number of benzene rings is 1. The van der Waals surface area contributed by atoms with Crippen LogP contribution in [0.25, 0.3) is 0 Å². The zero-order valence-corrected chi connectivity index (χ0v) is 11.8. The molecule has 0 saturated heterocycles. The topological polar surface area (TPSA) is 0 Å². The quantitative estimate of drug-likeness (QED) is 0.511. The van der Waals surface area contributed by atoms with Gasteiger partial charge in [-0.3, -0.25) is 0 Å². The summed E-state index contributed by atoms with van der Waals surface area (Å²) in [5.74, 6) is 1.25. The summed E-state index contributed by atoms with van der Waals surface area (Å²) in [6, 6.07) is 10.9. The summed E-state index contributed by atoms with van der Waals surface area (Å²) in [5, 5.41) is 0. The van der Waals surface area contributed by atoms with Crippen LogP contribution < -0.4 is 0 Å². The first kappa shape index (κ1) is 14.8. The molecule has 0 aliphatic carbocycles. The molecule has 2 unspecified atom stereocenters. The molecule has 0 nitrogen and oxygen atoms in total. The van der Waals surface area contributed by atoms with Crippen molar-refractivity contribution in [2.45, 2.75) is 45.4 Å². The van der Waals surface area contributed by atoms with Crippen molar-refractivity contribution in [1.29, 1.82) is 0 Å². The Bertz CT molecular complexity index is 348. The number of allylic oxidation sites excluding steroid dienone is 3. The molecule has 0 bridgehead atoms. The molecule has 0 amide bonds. The monoisotopic (exact) mass is 242 g/mol. The van der Waals surface area contributed by atoms with Crippen molar-refractivity contribution in [2.75, 3.05) is 0 Å². The third-order valence-electron chi connectivity index (χ3n) is 3.53. The first-order valence-corrected chi connectivity index (χ1v) is 7.14. The Kier molecular flexibility index (Phi) is 7.17. The predicted octanol–water partition coefficient (Wildman–Crippen LogP) is 5.73. The van der Waals surface area contributed by atoms with Crippen LogP contribution in [0.4, 0.5) is 0 Å². The van der Waals surface area contributed by atoms with Gasteiger partial charge in [-0.2, -0.15) is 0 Å². The van der Waals surface area contributed by atoms with Gasteiger partial charge in [-0.25, -0.2) is 0 Å². The van der Waals surface area contributed by atoms with Crippen molar-refractivity contribution < 1.29 is 0 Å². The highest BCUT2D eigenvalue weighted by Gasteiger charge is 2.13. The van der Waals surface area contributed by atoms with Gasteiger partial charge < -0.3 is 0 Å². The standard InChI is InChI=1S/C18H26/c1-4-7-9-12-16(5-2)15-17(6-3)18-13-10-8-11-14-18/h5,7-11,13-14,16-17H,2,4,6,12,15H2,1,3H3/b9-7+. The van der Waals surface area contributed by atoms with Crippen LogP contribution in [0.1, 0.15) is 51.0 Å². The Morgan fingerprint density at radius 3 is 2.39 bits per heavy atom. The second-order valence-corrected chi connectivity index (χ2v) is 4.86. The van der Waals surface area contributed by atoms with Gasteiger partial charge in [-0.05, 0) is 43.1 Å². The average Bonchev–Trinajstić information content (AvgIpc) is 2.43. The molecule has 0 N–H and O–H groups in total. The summed E-state index contributed by atoms with van der Waals surface area (Å²) in [6.07, 6.45) is 11.3. The van der Waals surface area contributed by atoms with Gasteiger partial charge in [-0.1, -0.05) is 62.4 Å². The minimum absolute atomic E-state index is 0.595. The lowest BCUT2D eigenvalue weighted by atomic mass is 9.85. The molecule has 2 atom stereocenters. The van der Waals surface area contributed by atoms with E-state index < -0.39 is 0 Å². The summed E-state index contributed by atoms with van der Waals surface area (Å²) in [7, 11) is 0. The van der Waals surface area contributed by atoms with E-state index in [9.17, 15) is 0 Å². The summed E-state index contributed by atoms with van der Waals surface area (Å²) in [5.41, 5.74) is 1.46. The van der Waals surface area contributed by atoms with Gasteiger partial charge in [0.1, 0.15) is 0 Å². The molecule has 0 saturated carbocycles. The molecule has 18 heavy (non-hydrogen) atoms. The van der Waals surface area contributed by atoms with E-state index in [1.807, 2.05) is 0 Å². The lowest BCUT2D eigenvalue weighted by Gasteiger charge is -2.19. The first-order chi connectivity index (χ1) is 8.81. The Balaban J connectivity index is 2.60. The largest absolute Gasteiger partial charge is 0.103 e. The van der Waals surface area contributed by atoms with Crippen LogP contribution in [0.15, 0.2) is 55.1 Å². The third kappa shape index (κ3) is 4.91. The average molecular weight is 242 g/mol. The van der Waals surface area contributed by atoms with Crippen LogP contribution in [0.2, 0.25) is 0 Å². The Labute approximate surface area is 112 Å². The van der Waals surface area contributed by atoms with Crippen LogP contribution in [-0.4, -0.2) is 0 Å². The lowest BCUT2D eigenvalue weighted by molar-refractivity contribution is 0.499. The van der Waals surface area contributed by atoms with Crippen molar-refractivity contribution >= 4 is 0 Å². The second-order valence-electron chi connectivity index (χ2n) is 4.86. The summed E-state index contributed by atoms with van der Waals surface area (Å²) >= 11 is 0. The van der Waals surface area contributed by atoms with Crippen LogP contribution >= 0.6 is 0 Å². The molecule has 98 valence electrons. The minimum Gasteiger partial charge on any atom is -0.103 e. The van der Waals surface area contributed by atoms with Crippen molar-refractivity contribution in [2.24, 2.45) is 5.92 Å². The third-order valence-corrected chi connectivity index (χ3v) is 3.53. The Hall–Kier alpha value is -1.30. The number of rotatable bonds is 8. The van der Waals surface area contributed by atoms with Gasteiger partial charge in [0.2, 0.25) is 0 Å². The fraction of sp³-hybridized carbons (Fsp3) is 0.444. The summed E-state index contributed by atoms with van der Waals surface area (Å²) < 4.78 is 0. The molecule has 0 aromatic heterocycles. The van der Waals surface area contributed by atoms with Gasteiger partial charge >= 0.3 is 0 Å². The Morgan fingerprint density at radius 2 is 1.83 bits per heavy atom. The molecular weight excluding hydrogens is 216 g/mol. The molecule has 0 radical (unpaired) electrons. The van der Waals surface area contributed by atoms with Gasteiger partial charge in [0.05, 0.1) is 0 Å². The highest BCUT2D eigenvalue weighted by Crippen LogP contribution is 2.29. The molecular formula is C18H26. The maximum Gasteiger partial charge on any atom is -0.0159 e. The van der Waals surface area contributed by atoms with Crippen LogP contribution in [-0.2, 0) is 0 Å². The number of hydrogen-bond donors (Lipinski definition) is 0. The van der Waals surface area contributed by atoms with E-state index >= 15 is 0 Å². The van der Waals surface area contributed by atoms with E-state index in [0.717, 1.165) is 12.8 Å². The van der Waals surface area contributed by atoms with E-state index in [0.29, 0.717) is 11.8 Å². The molecule has 1 rings (SSSR count). The zero-order valence-electron chi connectivity index (χ0n) is 11.8. The zero-order chi connectivity index (χ0) is 13.2. The second kappa shape index (κ2) is 8.74. The molecule has 1 aromatic rings. The van der Waals surface area contributed by atoms with E-state index in [4.69, 9.17) is 0 Å². The van der Waals surface area contributed by atoms with Crippen molar-refractivity contribution in [3.05, 3.63) is 60.7 Å². The van der Waals surface area contributed by atoms with Crippen molar-refractivity contribution in [1.82, 2.24) is 0 Å². The SMILES string of the molecule is C=CC(C/C=C/CC)CC(CC)c1ccccc1. The molecule has 0 aliphatic rings. The molecule has 0 spiro atoms. The smallest absolute Gasteiger partial charge is 0.0159 e. The van der Waals surface area contributed by atoms with Crippen LogP contribution in [0.3, 0.4) is 0 Å². The van der Waals surface area contributed by atoms with Gasteiger partial charge in [0.25, 0.3) is 0 Å². The van der Waals surface area contributed by atoms with Gasteiger partial charge in [0, 0.05) is 0 Å². The highest BCUT2D eigenvalue weighted by molar-refractivity contribution is 5.19. The van der Waals surface area contributed by atoms with Gasteiger partial charge in [-0.15, -0.1) is 6.58 Å². The van der Waals surface area contributed by atoms with Crippen molar-refractivity contribution in [3.63, 3.8) is 0 Å². The van der Waals surface area contributed by atoms with E-state index in [1.165, 1.54) is 18.4 Å². The fourth-order valence-electron chi connectivity index (χ4n) is 2.36. The molecule has 0 heteroatoms. The lowest BCUT2D eigenvalue weighted by Crippen LogP contribution is -2.04. The summed E-state index contributed by atoms with van der Waals surface area (Å²) in [6.45, 7) is 8.44. The maximum atomic E-state index is 3.99. The molecule has 1 aromatic carbocycles. The van der Waals surface area contributed by atoms with E-state index in [-0.39, 0.29) is 0 Å². The van der Waals surface area contributed by atoms with Crippen LogP contribution in [0, 0.1) is 5.92 Å². The Morgan fingerprint density at radius 1 is 1.11 bits per heavy atom. The number of hydrogen-bond acceptors (Lipinski definition) is 0. The molecule has 0 fully saturated rings. The summed E-state index contributed by atoms with van der Waals surface area (Å²) in [4.78, 5) is 0. The molecule has 0 aliphatic heterocycles. The first-order valence-electron chi connectivity index (χ1n) is 7.14. The predicted molar refractivity (Wildman–Crippen MR) is 81.8 cm³/mol. The minimum atomic E-state index is 0.595. The highest BCUT2D eigenvalue weighted by atomic mass is 14.2. The normalized spacial score (nSPS) is 14.6. The van der Waals surface area contributed by atoms with Gasteiger partial charge in [0.15, 0.2) is 0 Å². The van der Waals surface area contributed by atoms with E-state index in [2.05, 4.69) is 69.0 Å².